The summed E-state index contributed by atoms with van der Waals surface area (Å²) in [5.41, 5.74) is 5.08. The Balaban J connectivity index is 3.29. The highest BCUT2D eigenvalue weighted by Gasteiger charge is 2.14. The van der Waals surface area contributed by atoms with Gasteiger partial charge < -0.3 is 5.73 Å². The van der Waals surface area contributed by atoms with Gasteiger partial charge in [-0.25, -0.2) is 4.39 Å². The molecule has 6 heteroatoms. The van der Waals surface area contributed by atoms with Crippen LogP contribution in [0.3, 0.4) is 0 Å². The molecule has 5 nitrogen and oxygen atoms in total. The molecule has 0 radical (unpaired) electrons. The molecule has 0 saturated carbocycles. The molecule has 0 bridgehead atoms. The summed E-state index contributed by atoms with van der Waals surface area (Å²) in [7, 11) is 0. The first-order chi connectivity index (χ1) is 7.41. The zero-order valence-corrected chi connectivity index (χ0v) is 8.44. The Morgan fingerprint density at radius 2 is 2.19 bits per heavy atom. The lowest BCUT2D eigenvalue weighted by atomic mass is 10.1. The summed E-state index contributed by atoms with van der Waals surface area (Å²) >= 11 is 0. The van der Waals surface area contributed by atoms with E-state index in [9.17, 15) is 19.3 Å². The van der Waals surface area contributed by atoms with E-state index in [1.807, 2.05) is 0 Å². The number of nitrogens with two attached hydrogens (primary N) is 1. The van der Waals surface area contributed by atoms with Crippen molar-refractivity contribution in [3.05, 3.63) is 45.3 Å². The van der Waals surface area contributed by atoms with Crippen LogP contribution in [-0.2, 0) is 4.79 Å². The van der Waals surface area contributed by atoms with Gasteiger partial charge in [-0.3, -0.25) is 14.9 Å². The number of nitrogens with zero attached hydrogens (tertiary/aromatic N) is 1. The first-order valence-corrected chi connectivity index (χ1v) is 4.34. The molecule has 1 aromatic rings. The number of nitro benzene ring substituents is 1. The van der Waals surface area contributed by atoms with Crippen LogP contribution in [0.1, 0.15) is 11.1 Å². The van der Waals surface area contributed by atoms with Gasteiger partial charge in [0.15, 0.2) is 0 Å². The highest BCUT2D eigenvalue weighted by atomic mass is 19.1. The molecular weight excluding hydrogens is 215 g/mol. The van der Waals surface area contributed by atoms with E-state index in [0.717, 1.165) is 18.2 Å². The van der Waals surface area contributed by atoms with Crippen molar-refractivity contribution in [1.29, 1.82) is 0 Å². The second-order valence-corrected chi connectivity index (χ2v) is 3.13. The third-order valence-corrected chi connectivity index (χ3v) is 2.01. The fourth-order valence-electron chi connectivity index (χ4n) is 1.22. The van der Waals surface area contributed by atoms with E-state index in [0.29, 0.717) is 0 Å². The average Bonchev–Trinajstić information content (AvgIpc) is 2.18. The van der Waals surface area contributed by atoms with Gasteiger partial charge in [-0.1, -0.05) is 0 Å². The lowest BCUT2D eigenvalue weighted by Crippen LogP contribution is -2.05. The topological polar surface area (TPSA) is 86.2 Å². The predicted molar refractivity (Wildman–Crippen MR) is 56.0 cm³/mol. The number of primary amides is 1. The third kappa shape index (κ3) is 2.63. The minimum Gasteiger partial charge on any atom is -0.366 e. The summed E-state index contributed by atoms with van der Waals surface area (Å²) in [6.07, 6.45) is 2.26. The molecule has 0 fully saturated rings. The van der Waals surface area contributed by atoms with Crippen LogP contribution < -0.4 is 5.73 Å². The summed E-state index contributed by atoms with van der Waals surface area (Å²) in [5.74, 6) is -1.44. The first-order valence-electron chi connectivity index (χ1n) is 4.34. The molecule has 84 valence electrons. The van der Waals surface area contributed by atoms with Gasteiger partial charge in [0.1, 0.15) is 5.82 Å². The smallest absolute Gasteiger partial charge is 0.275 e. The lowest BCUT2D eigenvalue weighted by molar-refractivity contribution is -0.385. The van der Waals surface area contributed by atoms with Gasteiger partial charge in [-0.05, 0) is 24.6 Å². The van der Waals surface area contributed by atoms with Crippen molar-refractivity contribution in [2.24, 2.45) is 5.73 Å². The summed E-state index contributed by atoms with van der Waals surface area (Å²) < 4.78 is 13.0. The minimum absolute atomic E-state index is 0.255. The molecule has 0 aliphatic heterocycles. The van der Waals surface area contributed by atoms with Crippen molar-refractivity contribution in [2.45, 2.75) is 6.92 Å². The lowest BCUT2D eigenvalue weighted by Gasteiger charge is -2.02. The van der Waals surface area contributed by atoms with E-state index < -0.39 is 16.6 Å². The molecule has 0 unspecified atom stereocenters. The van der Waals surface area contributed by atoms with Crippen molar-refractivity contribution < 1.29 is 14.1 Å². The largest absolute Gasteiger partial charge is 0.366 e. The molecule has 0 aliphatic carbocycles. The molecule has 2 N–H and O–H groups in total. The van der Waals surface area contributed by atoms with Crippen LogP contribution >= 0.6 is 0 Å². The van der Waals surface area contributed by atoms with Crippen molar-refractivity contribution in [2.75, 3.05) is 0 Å². The number of hydrogen-bond donors (Lipinski definition) is 1. The van der Waals surface area contributed by atoms with Crippen LogP contribution in [0.4, 0.5) is 10.1 Å². The standard InChI is InChI=1S/C10H9FN2O3/c1-6-7(2-3-10(12)14)4-8(11)5-9(6)13(15)16/h2-5H,1H3,(H2,12,14). The number of halogens is 1. The van der Waals surface area contributed by atoms with Gasteiger partial charge in [0.05, 0.1) is 11.0 Å². The second-order valence-electron chi connectivity index (χ2n) is 3.13. The molecule has 0 aliphatic rings. The maximum Gasteiger partial charge on any atom is 0.275 e. The maximum absolute atomic E-state index is 13.0. The molecule has 0 aromatic heterocycles. The number of benzene rings is 1. The number of rotatable bonds is 3. The van der Waals surface area contributed by atoms with Gasteiger partial charge in [-0.2, -0.15) is 0 Å². The Morgan fingerprint density at radius 1 is 1.56 bits per heavy atom. The highest BCUT2D eigenvalue weighted by molar-refractivity contribution is 5.90. The summed E-state index contributed by atoms with van der Waals surface area (Å²) in [4.78, 5) is 20.4. The van der Waals surface area contributed by atoms with Gasteiger partial charge in [-0.15, -0.1) is 0 Å². The van der Waals surface area contributed by atoms with E-state index in [-0.39, 0.29) is 16.8 Å². The quantitative estimate of drug-likeness (QED) is 0.480. The third-order valence-electron chi connectivity index (χ3n) is 2.01. The van der Waals surface area contributed by atoms with Gasteiger partial charge in [0.25, 0.3) is 5.69 Å². The van der Waals surface area contributed by atoms with Crippen molar-refractivity contribution in [3.63, 3.8) is 0 Å². The van der Waals surface area contributed by atoms with Gasteiger partial charge >= 0.3 is 0 Å². The Bertz CT molecular complexity index is 483. The predicted octanol–water partition coefficient (Wildman–Crippen LogP) is 1.54. The number of amides is 1. The Labute approximate surface area is 90.5 Å². The van der Waals surface area contributed by atoms with Gasteiger partial charge in [0, 0.05) is 11.6 Å². The van der Waals surface area contributed by atoms with Crippen LogP contribution in [0.5, 0.6) is 0 Å². The van der Waals surface area contributed by atoms with E-state index in [4.69, 9.17) is 5.73 Å². The van der Waals surface area contributed by atoms with Crippen LogP contribution in [0.25, 0.3) is 6.08 Å². The summed E-state index contributed by atoms with van der Waals surface area (Å²) in [6.45, 7) is 1.47. The second kappa shape index (κ2) is 4.52. The molecule has 1 rings (SSSR count). The molecule has 1 aromatic carbocycles. The minimum atomic E-state index is -0.735. The Kier molecular flexibility index (Phi) is 3.34. The zero-order chi connectivity index (χ0) is 12.3. The molecule has 0 saturated heterocycles. The molecule has 1 amide bonds. The molecule has 0 atom stereocenters. The van der Waals surface area contributed by atoms with Crippen LogP contribution in [0, 0.1) is 22.9 Å². The van der Waals surface area contributed by atoms with Crippen LogP contribution in [0.2, 0.25) is 0 Å². The highest BCUT2D eigenvalue weighted by Crippen LogP contribution is 2.24. The van der Waals surface area contributed by atoms with E-state index in [2.05, 4.69) is 0 Å². The van der Waals surface area contributed by atoms with E-state index in [1.165, 1.54) is 13.0 Å². The number of carbonyl (C=O) groups is 1. The van der Waals surface area contributed by atoms with Crippen molar-refractivity contribution in [3.8, 4) is 0 Å². The van der Waals surface area contributed by atoms with Gasteiger partial charge in [0.2, 0.25) is 5.91 Å². The Morgan fingerprint density at radius 3 is 2.69 bits per heavy atom. The number of carbonyl (C=O) groups excluding carboxylic acids is 1. The van der Waals surface area contributed by atoms with E-state index >= 15 is 0 Å². The zero-order valence-electron chi connectivity index (χ0n) is 8.44. The molecular formula is C10H9FN2O3. The normalized spacial score (nSPS) is 10.6. The van der Waals surface area contributed by atoms with E-state index in [1.54, 1.807) is 0 Å². The molecule has 0 spiro atoms. The van der Waals surface area contributed by atoms with Crippen LogP contribution in [-0.4, -0.2) is 10.8 Å². The SMILES string of the molecule is Cc1c(C=CC(N)=O)cc(F)cc1[N+](=O)[O-]. The molecule has 0 heterocycles. The number of hydrogen-bond acceptors (Lipinski definition) is 3. The summed E-state index contributed by atoms with van der Waals surface area (Å²) in [6, 6.07) is 1.93. The first kappa shape index (κ1) is 11.8. The average molecular weight is 224 g/mol. The fourth-order valence-corrected chi connectivity index (χ4v) is 1.22. The number of nitro groups is 1. The fraction of sp³-hybridized carbons (Fsp3) is 0.100. The van der Waals surface area contributed by atoms with Crippen molar-refractivity contribution >= 4 is 17.7 Å². The van der Waals surface area contributed by atoms with Crippen molar-refractivity contribution in [1.82, 2.24) is 0 Å². The van der Waals surface area contributed by atoms with Crippen LogP contribution in [0.15, 0.2) is 18.2 Å². The monoisotopic (exact) mass is 224 g/mol. The summed E-state index contributed by atoms with van der Waals surface area (Å²) in [5, 5.41) is 10.6. The molecule has 16 heavy (non-hydrogen) atoms. The maximum atomic E-state index is 13.0. The Hall–Kier alpha value is -2.24.